The molecule has 1 saturated heterocycles. The van der Waals surface area contributed by atoms with E-state index in [1.807, 2.05) is 57.0 Å². The van der Waals surface area contributed by atoms with E-state index in [-0.39, 0.29) is 11.7 Å². The number of ether oxygens (including phenoxy) is 1. The molecule has 1 aromatic carbocycles. The van der Waals surface area contributed by atoms with Gasteiger partial charge in [-0.1, -0.05) is 26.0 Å². The summed E-state index contributed by atoms with van der Waals surface area (Å²) >= 11 is 0. The van der Waals surface area contributed by atoms with Gasteiger partial charge in [0, 0.05) is 43.3 Å². The van der Waals surface area contributed by atoms with Gasteiger partial charge in [0.25, 0.3) is 5.91 Å². The standard InChI is InChI=1S/C34H40FN5O3/c1-20(2)17-39-18-26(24-10-9-21(3)27(35)16-24)25-11-12-28(37-31(25)39)32(41)40-14-13-38(19-34(40,6)7)29-15-22(4)30(23(5)36-29)33(42)43-8/h9-12,15-16,18,20H,13-14,17,19H2,1-8H3. The predicted molar refractivity (Wildman–Crippen MR) is 167 cm³/mol. The SMILES string of the molecule is COC(=O)c1c(C)cc(N2CCN(C(=O)c3ccc4c(-c5ccc(C)c(F)c5)cn(CC(C)C)c4n3)C(C)(C)C2)nc1C. The number of nitrogens with zero attached hydrogens (tertiary/aromatic N) is 5. The molecule has 4 heterocycles. The summed E-state index contributed by atoms with van der Waals surface area (Å²) in [5.74, 6) is 0.353. The fourth-order valence-electron chi connectivity index (χ4n) is 6.06. The zero-order valence-corrected chi connectivity index (χ0v) is 26.3. The predicted octanol–water partition coefficient (Wildman–Crippen LogP) is 6.35. The van der Waals surface area contributed by atoms with E-state index in [4.69, 9.17) is 14.7 Å². The molecular formula is C34H40FN5O3. The molecule has 0 spiro atoms. The maximum Gasteiger partial charge on any atom is 0.339 e. The Hall–Kier alpha value is -4.27. The first-order valence-electron chi connectivity index (χ1n) is 14.7. The Balaban J connectivity index is 1.44. The molecule has 0 atom stereocenters. The molecule has 0 saturated carbocycles. The van der Waals surface area contributed by atoms with E-state index in [0.29, 0.717) is 53.7 Å². The van der Waals surface area contributed by atoms with Crippen LogP contribution in [0, 0.1) is 32.5 Å². The fraction of sp³-hybridized carbons (Fsp3) is 0.412. The van der Waals surface area contributed by atoms with Gasteiger partial charge in [-0.3, -0.25) is 4.79 Å². The van der Waals surface area contributed by atoms with Crippen LogP contribution in [0.4, 0.5) is 10.2 Å². The average molecular weight is 586 g/mol. The van der Waals surface area contributed by atoms with E-state index < -0.39 is 11.5 Å². The van der Waals surface area contributed by atoms with Crippen molar-refractivity contribution in [2.75, 3.05) is 31.6 Å². The molecule has 5 rings (SSSR count). The van der Waals surface area contributed by atoms with Crippen LogP contribution in [0.15, 0.2) is 42.6 Å². The molecule has 1 fully saturated rings. The Morgan fingerprint density at radius 1 is 1.02 bits per heavy atom. The molecule has 0 aliphatic carbocycles. The zero-order valence-electron chi connectivity index (χ0n) is 26.3. The van der Waals surface area contributed by atoms with Gasteiger partial charge in [0.2, 0.25) is 0 Å². The van der Waals surface area contributed by atoms with Gasteiger partial charge in [0.1, 0.15) is 23.0 Å². The number of pyridine rings is 2. The Kier molecular flexibility index (Phi) is 8.03. The van der Waals surface area contributed by atoms with Crippen molar-refractivity contribution in [2.45, 2.75) is 60.5 Å². The number of carbonyl (C=O) groups is 2. The van der Waals surface area contributed by atoms with Crippen molar-refractivity contribution in [2.24, 2.45) is 5.92 Å². The molecule has 0 radical (unpaired) electrons. The van der Waals surface area contributed by atoms with Gasteiger partial charge in [-0.05, 0) is 81.5 Å². The Labute approximate surface area is 252 Å². The Bertz CT molecular complexity index is 1700. The minimum Gasteiger partial charge on any atom is -0.465 e. The van der Waals surface area contributed by atoms with Crippen LogP contribution < -0.4 is 4.90 Å². The summed E-state index contributed by atoms with van der Waals surface area (Å²) in [6.45, 7) is 16.2. The van der Waals surface area contributed by atoms with E-state index >= 15 is 0 Å². The molecule has 43 heavy (non-hydrogen) atoms. The second-order valence-corrected chi connectivity index (χ2v) is 12.6. The molecule has 1 aliphatic rings. The van der Waals surface area contributed by atoms with Crippen LogP contribution in [-0.2, 0) is 11.3 Å². The quantitative estimate of drug-likeness (QED) is 0.246. The normalized spacial score (nSPS) is 14.9. The van der Waals surface area contributed by atoms with Crippen LogP contribution >= 0.6 is 0 Å². The number of esters is 1. The van der Waals surface area contributed by atoms with Gasteiger partial charge in [0.15, 0.2) is 0 Å². The maximum absolute atomic E-state index is 14.5. The maximum atomic E-state index is 14.5. The summed E-state index contributed by atoms with van der Waals surface area (Å²) in [5, 5.41) is 0.886. The lowest BCUT2D eigenvalue weighted by atomic mass is 9.97. The van der Waals surface area contributed by atoms with Crippen LogP contribution in [0.5, 0.6) is 0 Å². The number of hydrogen-bond donors (Lipinski definition) is 0. The van der Waals surface area contributed by atoms with Crippen LogP contribution in [-0.4, -0.2) is 63.6 Å². The smallest absolute Gasteiger partial charge is 0.339 e. The molecule has 0 unspecified atom stereocenters. The van der Waals surface area contributed by atoms with Crippen LogP contribution in [0.3, 0.4) is 0 Å². The molecule has 3 aromatic heterocycles. The van der Waals surface area contributed by atoms with Crippen molar-refractivity contribution in [1.29, 1.82) is 0 Å². The second kappa shape index (κ2) is 11.4. The molecule has 226 valence electrons. The number of benzene rings is 1. The Morgan fingerprint density at radius 2 is 1.77 bits per heavy atom. The molecule has 4 aromatic rings. The minimum atomic E-state index is -0.513. The van der Waals surface area contributed by atoms with Crippen molar-refractivity contribution in [3.8, 4) is 11.1 Å². The zero-order chi connectivity index (χ0) is 31.2. The van der Waals surface area contributed by atoms with Crippen LogP contribution in [0.1, 0.15) is 65.4 Å². The third-order valence-corrected chi connectivity index (χ3v) is 8.23. The first-order valence-corrected chi connectivity index (χ1v) is 14.7. The van der Waals surface area contributed by atoms with Crippen molar-refractivity contribution in [3.63, 3.8) is 0 Å². The van der Waals surface area contributed by atoms with Gasteiger partial charge >= 0.3 is 5.97 Å². The number of fused-ring (bicyclic) bond motifs is 1. The average Bonchev–Trinajstić information content (AvgIpc) is 3.29. The van der Waals surface area contributed by atoms with Gasteiger partial charge in [0.05, 0.1) is 23.9 Å². The van der Waals surface area contributed by atoms with E-state index in [1.165, 1.54) is 7.11 Å². The highest BCUT2D eigenvalue weighted by Gasteiger charge is 2.38. The number of aromatic nitrogens is 3. The number of amides is 1. The summed E-state index contributed by atoms with van der Waals surface area (Å²) in [7, 11) is 1.37. The second-order valence-electron chi connectivity index (χ2n) is 12.6. The first kappa shape index (κ1) is 30.2. The molecule has 0 N–H and O–H groups in total. The number of methoxy groups -OCH3 is 1. The van der Waals surface area contributed by atoms with E-state index in [2.05, 4.69) is 23.3 Å². The fourth-order valence-corrected chi connectivity index (χ4v) is 6.06. The highest BCUT2D eigenvalue weighted by molar-refractivity contribution is 5.99. The highest BCUT2D eigenvalue weighted by Crippen LogP contribution is 2.33. The lowest BCUT2D eigenvalue weighted by molar-refractivity contribution is 0.0506. The summed E-state index contributed by atoms with van der Waals surface area (Å²) in [4.78, 5) is 39.8. The molecular weight excluding hydrogens is 545 g/mol. The summed E-state index contributed by atoms with van der Waals surface area (Å²) in [6.07, 6.45) is 2.02. The Morgan fingerprint density at radius 3 is 2.40 bits per heavy atom. The number of carbonyl (C=O) groups excluding carboxylic acids is 2. The van der Waals surface area contributed by atoms with Gasteiger partial charge in [-0.15, -0.1) is 0 Å². The molecule has 8 nitrogen and oxygen atoms in total. The molecule has 0 bridgehead atoms. The van der Waals surface area contributed by atoms with Gasteiger partial charge < -0.3 is 19.1 Å². The lowest BCUT2D eigenvalue weighted by Gasteiger charge is -2.47. The minimum absolute atomic E-state index is 0.131. The monoisotopic (exact) mass is 585 g/mol. The third kappa shape index (κ3) is 5.72. The number of halogens is 1. The van der Waals surface area contributed by atoms with Crippen molar-refractivity contribution in [1.82, 2.24) is 19.4 Å². The molecule has 9 heteroatoms. The summed E-state index contributed by atoms with van der Waals surface area (Å²) in [5.41, 5.74) is 4.77. The first-order chi connectivity index (χ1) is 20.3. The number of piperazine rings is 1. The number of hydrogen-bond acceptors (Lipinski definition) is 6. The van der Waals surface area contributed by atoms with Crippen LogP contribution in [0.25, 0.3) is 22.2 Å². The number of anilines is 1. The topological polar surface area (TPSA) is 80.6 Å². The van der Waals surface area contributed by atoms with E-state index in [0.717, 1.165) is 34.4 Å². The molecule has 1 amide bonds. The summed E-state index contributed by atoms with van der Waals surface area (Å²) < 4.78 is 21.5. The van der Waals surface area contributed by atoms with Gasteiger partial charge in [-0.2, -0.15) is 0 Å². The third-order valence-electron chi connectivity index (χ3n) is 8.23. The van der Waals surface area contributed by atoms with E-state index in [9.17, 15) is 14.0 Å². The van der Waals surface area contributed by atoms with E-state index in [1.54, 1.807) is 25.1 Å². The molecule has 1 aliphatic heterocycles. The number of rotatable bonds is 6. The van der Waals surface area contributed by atoms with Crippen LogP contribution in [0.2, 0.25) is 0 Å². The van der Waals surface area contributed by atoms with Crippen molar-refractivity contribution >= 4 is 28.7 Å². The van der Waals surface area contributed by atoms with Gasteiger partial charge in [-0.25, -0.2) is 19.2 Å². The number of aryl methyl sites for hydroxylation is 3. The van der Waals surface area contributed by atoms with Crippen molar-refractivity contribution in [3.05, 3.63) is 76.5 Å². The van der Waals surface area contributed by atoms with Crippen molar-refractivity contribution < 1.29 is 18.7 Å². The summed E-state index contributed by atoms with van der Waals surface area (Å²) in [6, 6.07) is 10.9. The lowest BCUT2D eigenvalue weighted by Crippen LogP contribution is -2.61. The largest absolute Gasteiger partial charge is 0.465 e. The highest BCUT2D eigenvalue weighted by atomic mass is 19.1.